The van der Waals surface area contributed by atoms with Gasteiger partial charge in [-0.3, -0.25) is 9.59 Å². The van der Waals surface area contributed by atoms with Gasteiger partial charge in [-0.1, -0.05) is 6.58 Å². The fourth-order valence-electron chi connectivity index (χ4n) is 0.537. The van der Waals surface area contributed by atoms with Crippen LogP contribution >= 0.6 is 0 Å². The van der Waals surface area contributed by atoms with Crippen molar-refractivity contribution >= 4 is 11.7 Å². The van der Waals surface area contributed by atoms with Crippen molar-refractivity contribution in [2.75, 3.05) is 13.6 Å². The van der Waals surface area contributed by atoms with E-state index in [0.717, 1.165) is 0 Å². The van der Waals surface area contributed by atoms with Gasteiger partial charge in [0.15, 0.2) is 5.78 Å². The van der Waals surface area contributed by atoms with E-state index >= 15 is 0 Å². The van der Waals surface area contributed by atoms with Crippen molar-refractivity contribution in [3.63, 3.8) is 0 Å². The van der Waals surface area contributed by atoms with Crippen LogP contribution in [0, 0.1) is 0 Å². The first-order chi connectivity index (χ1) is 5.07. The Morgan fingerprint density at radius 3 is 2.45 bits per heavy atom. The molecule has 3 nitrogen and oxygen atoms in total. The van der Waals surface area contributed by atoms with E-state index in [4.69, 9.17) is 0 Å². The molecule has 0 aromatic carbocycles. The fraction of sp³-hybridized carbons (Fsp3) is 0.500. The Bertz CT molecular complexity index is 175. The zero-order chi connectivity index (χ0) is 8.85. The average molecular weight is 155 g/mol. The van der Waals surface area contributed by atoms with Gasteiger partial charge in [0.05, 0.1) is 0 Å². The van der Waals surface area contributed by atoms with Crippen molar-refractivity contribution in [2.24, 2.45) is 0 Å². The van der Waals surface area contributed by atoms with Crippen LogP contribution in [-0.4, -0.2) is 30.2 Å². The molecule has 0 saturated heterocycles. The van der Waals surface area contributed by atoms with E-state index in [1.807, 2.05) is 0 Å². The Morgan fingerprint density at radius 2 is 2.09 bits per heavy atom. The van der Waals surface area contributed by atoms with Gasteiger partial charge in [0, 0.05) is 26.9 Å². The van der Waals surface area contributed by atoms with Crippen LogP contribution in [0.5, 0.6) is 0 Å². The number of rotatable bonds is 4. The van der Waals surface area contributed by atoms with Gasteiger partial charge in [0.1, 0.15) is 0 Å². The van der Waals surface area contributed by atoms with E-state index < -0.39 is 0 Å². The Kier molecular flexibility index (Phi) is 4.18. The molecule has 1 amide bonds. The monoisotopic (exact) mass is 155 g/mol. The quantitative estimate of drug-likeness (QED) is 0.558. The Balaban J connectivity index is 3.62. The second-order valence-corrected chi connectivity index (χ2v) is 2.36. The predicted octanol–water partition coefficient (Wildman–Crippen LogP) is 0.610. The van der Waals surface area contributed by atoms with Gasteiger partial charge in [-0.2, -0.15) is 0 Å². The summed E-state index contributed by atoms with van der Waals surface area (Å²) >= 11 is 0. The van der Waals surface area contributed by atoms with Gasteiger partial charge in [0.2, 0.25) is 5.91 Å². The molecule has 0 N–H and O–H groups in total. The normalized spacial score (nSPS) is 8.91. The minimum atomic E-state index is -0.0295. The summed E-state index contributed by atoms with van der Waals surface area (Å²) < 4.78 is 0. The first kappa shape index (κ1) is 9.88. The maximum absolute atomic E-state index is 10.7. The lowest BCUT2D eigenvalue weighted by Crippen LogP contribution is -2.26. The molecular weight excluding hydrogens is 142 g/mol. The van der Waals surface area contributed by atoms with Crippen LogP contribution in [0.2, 0.25) is 0 Å². The van der Waals surface area contributed by atoms with Gasteiger partial charge in [-0.05, 0) is 6.08 Å². The number of amides is 1. The topological polar surface area (TPSA) is 37.4 Å². The van der Waals surface area contributed by atoms with Gasteiger partial charge >= 0.3 is 0 Å². The van der Waals surface area contributed by atoms with Crippen molar-refractivity contribution in [2.45, 2.75) is 13.3 Å². The van der Waals surface area contributed by atoms with E-state index in [9.17, 15) is 9.59 Å². The van der Waals surface area contributed by atoms with Crippen molar-refractivity contribution in [3.8, 4) is 0 Å². The summed E-state index contributed by atoms with van der Waals surface area (Å²) in [5.41, 5.74) is 0. The number of allylic oxidation sites excluding steroid dienone is 1. The molecule has 0 bridgehead atoms. The number of hydrogen-bond acceptors (Lipinski definition) is 2. The predicted molar refractivity (Wildman–Crippen MR) is 43.1 cm³/mol. The van der Waals surface area contributed by atoms with Crippen LogP contribution in [-0.2, 0) is 9.59 Å². The van der Waals surface area contributed by atoms with Crippen LogP contribution in [0.25, 0.3) is 0 Å². The molecule has 0 aromatic rings. The van der Waals surface area contributed by atoms with Crippen molar-refractivity contribution in [3.05, 3.63) is 12.7 Å². The minimum absolute atomic E-state index is 0.0261. The number of ketones is 1. The first-order valence-electron chi connectivity index (χ1n) is 3.45. The van der Waals surface area contributed by atoms with Gasteiger partial charge < -0.3 is 4.90 Å². The van der Waals surface area contributed by atoms with Crippen LogP contribution < -0.4 is 0 Å². The molecule has 0 atom stereocenters. The highest BCUT2D eigenvalue weighted by Gasteiger charge is 2.02. The van der Waals surface area contributed by atoms with E-state index in [1.54, 1.807) is 7.05 Å². The SMILES string of the molecule is C=CC(=O)CCN(C)C(C)=O. The Hall–Kier alpha value is -1.12. The summed E-state index contributed by atoms with van der Waals surface area (Å²) in [6, 6.07) is 0. The summed E-state index contributed by atoms with van der Waals surface area (Å²) in [4.78, 5) is 22.8. The van der Waals surface area contributed by atoms with Crippen LogP contribution in [0.4, 0.5) is 0 Å². The molecular formula is C8H13NO2. The molecule has 0 unspecified atom stereocenters. The zero-order valence-electron chi connectivity index (χ0n) is 6.96. The minimum Gasteiger partial charge on any atom is -0.346 e. The van der Waals surface area contributed by atoms with Gasteiger partial charge in [0.25, 0.3) is 0 Å². The molecule has 0 aliphatic rings. The van der Waals surface area contributed by atoms with E-state index in [1.165, 1.54) is 17.9 Å². The third-order valence-corrected chi connectivity index (χ3v) is 1.46. The lowest BCUT2D eigenvalue weighted by atomic mass is 10.3. The summed E-state index contributed by atoms with van der Waals surface area (Å²) in [5, 5.41) is 0. The molecule has 0 saturated carbocycles. The largest absolute Gasteiger partial charge is 0.346 e. The molecule has 11 heavy (non-hydrogen) atoms. The second kappa shape index (κ2) is 4.66. The van der Waals surface area contributed by atoms with Crippen molar-refractivity contribution in [1.29, 1.82) is 0 Å². The number of nitrogens with zero attached hydrogens (tertiary/aromatic N) is 1. The third-order valence-electron chi connectivity index (χ3n) is 1.46. The summed E-state index contributed by atoms with van der Waals surface area (Å²) in [5.74, 6) is -0.0556. The van der Waals surface area contributed by atoms with Crippen LogP contribution in [0.1, 0.15) is 13.3 Å². The summed E-state index contributed by atoms with van der Waals surface area (Å²) in [7, 11) is 1.67. The molecule has 0 rings (SSSR count). The Labute approximate surface area is 66.7 Å². The molecule has 0 aromatic heterocycles. The first-order valence-corrected chi connectivity index (χ1v) is 3.45. The lowest BCUT2D eigenvalue weighted by molar-refractivity contribution is -0.127. The molecule has 0 fully saturated rings. The third kappa shape index (κ3) is 4.31. The number of carbonyl (C=O) groups excluding carboxylic acids is 2. The molecule has 3 heteroatoms. The molecule has 62 valence electrons. The standard InChI is InChI=1S/C8H13NO2/c1-4-8(11)5-6-9(3)7(2)10/h4H,1,5-6H2,2-3H3. The van der Waals surface area contributed by atoms with Crippen LogP contribution in [0.15, 0.2) is 12.7 Å². The molecule has 0 aliphatic heterocycles. The highest BCUT2D eigenvalue weighted by molar-refractivity contribution is 5.89. The van der Waals surface area contributed by atoms with E-state index in [0.29, 0.717) is 13.0 Å². The summed E-state index contributed by atoms with van der Waals surface area (Å²) in [6.45, 7) is 5.27. The highest BCUT2D eigenvalue weighted by atomic mass is 16.2. The van der Waals surface area contributed by atoms with Crippen LogP contribution in [0.3, 0.4) is 0 Å². The van der Waals surface area contributed by atoms with E-state index in [2.05, 4.69) is 6.58 Å². The van der Waals surface area contributed by atoms with Gasteiger partial charge in [-0.15, -0.1) is 0 Å². The maximum atomic E-state index is 10.7. The Morgan fingerprint density at radius 1 is 1.55 bits per heavy atom. The molecule has 0 aliphatic carbocycles. The number of hydrogen-bond donors (Lipinski definition) is 0. The molecule has 0 spiro atoms. The molecule has 0 heterocycles. The van der Waals surface area contributed by atoms with Gasteiger partial charge in [-0.25, -0.2) is 0 Å². The highest BCUT2D eigenvalue weighted by Crippen LogP contribution is 1.89. The fourth-order valence-corrected chi connectivity index (χ4v) is 0.537. The summed E-state index contributed by atoms with van der Waals surface area (Å²) in [6.07, 6.45) is 1.63. The smallest absolute Gasteiger partial charge is 0.219 e. The van der Waals surface area contributed by atoms with E-state index in [-0.39, 0.29) is 11.7 Å². The number of carbonyl (C=O) groups is 2. The average Bonchev–Trinajstić information content (AvgIpc) is 1.99. The second-order valence-electron chi connectivity index (χ2n) is 2.36. The van der Waals surface area contributed by atoms with Crippen molar-refractivity contribution < 1.29 is 9.59 Å². The lowest BCUT2D eigenvalue weighted by Gasteiger charge is -2.12. The zero-order valence-corrected chi connectivity index (χ0v) is 6.96. The molecule has 0 radical (unpaired) electrons. The van der Waals surface area contributed by atoms with Crippen molar-refractivity contribution in [1.82, 2.24) is 4.90 Å². The maximum Gasteiger partial charge on any atom is 0.219 e.